The van der Waals surface area contributed by atoms with E-state index >= 15 is 0 Å². The lowest BCUT2D eigenvalue weighted by atomic mass is 10.2. The molecule has 1 fully saturated rings. The van der Waals surface area contributed by atoms with Crippen molar-refractivity contribution in [1.82, 2.24) is 4.90 Å². The Morgan fingerprint density at radius 2 is 2.00 bits per heavy atom. The average molecular weight is 295 g/mol. The van der Waals surface area contributed by atoms with Gasteiger partial charge in [-0.2, -0.15) is 0 Å². The van der Waals surface area contributed by atoms with Crippen molar-refractivity contribution in [3.8, 4) is 0 Å². The first-order chi connectivity index (χ1) is 9.45. The second-order valence-electron chi connectivity index (χ2n) is 4.84. The highest BCUT2D eigenvalue weighted by molar-refractivity contribution is 7.14. The van der Waals surface area contributed by atoms with E-state index < -0.39 is 5.97 Å². The fourth-order valence-electron chi connectivity index (χ4n) is 2.21. The van der Waals surface area contributed by atoms with Gasteiger partial charge in [0.15, 0.2) is 0 Å². The molecule has 0 aromatic carbocycles. The Labute approximate surface area is 121 Å². The molecule has 1 N–H and O–H groups in total. The molecule has 1 aliphatic rings. The van der Waals surface area contributed by atoms with E-state index in [1.165, 1.54) is 17.4 Å². The summed E-state index contributed by atoms with van der Waals surface area (Å²) >= 11 is 1.30. The summed E-state index contributed by atoms with van der Waals surface area (Å²) in [6.45, 7) is 5.07. The van der Waals surface area contributed by atoms with E-state index in [1.807, 2.05) is 13.8 Å². The maximum absolute atomic E-state index is 12.4. The van der Waals surface area contributed by atoms with Gasteiger partial charge in [0.05, 0.1) is 17.1 Å². The van der Waals surface area contributed by atoms with Crippen LogP contribution in [0.1, 0.15) is 28.4 Å². The van der Waals surface area contributed by atoms with Crippen LogP contribution in [0.25, 0.3) is 6.08 Å². The molecule has 0 aliphatic carbocycles. The van der Waals surface area contributed by atoms with E-state index in [2.05, 4.69) is 0 Å². The number of thiophene rings is 1. The fourth-order valence-corrected chi connectivity index (χ4v) is 3.09. The number of carboxylic acid groups (broad SMARTS) is 1. The van der Waals surface area contributed by atoms with E-state index in [4.69, 9.17) is 9.84 Å². The second kappa shape index (κ2) is 6.19. The number of aliphatic carboxylic acids is 1. The van der Waals surface area contributed by atoms with Crippen LogP contribution in [0.2, 0.25) is 0 Å². The Morgan fingerprint density at radius 1 is 1.35 bits per heavy atom. The molecule has 5 nitrogen and oxygen atoms in total. The Hall–Kier alpha value is -1.66. The average Bonchev–Trinajstić information content (AvgIpc) is 2.83. The van der Waals surface area contributed by atoms with Crippen molar-refractivity contribution >= 4 is 29.3 Å². The summed E-state index contributed by atoms with van der Waals surface area (Å²) in [5, 5.41) is 8.58. The van der Waals surface area contributed by atoms with E-state index in [1.54, 1.807) is 17.0 Å². The van der Waals surface area contributed by atoms with E-state index in [-0.39, 0.29) is 18.1 Å². The van der Waals surface area contributed by atoms with Crippen molar-refractivity contribution in [2.45, 2.75) is 26.1 Å². The molecule has 0 saturated carbocycles. The second-order valence-corrected chi connectivity index (χ2v) is 5.96. The highest BCUT2D eigenvalue weighted by atomic mass is 32.1. The summed E-state index contributed by atoms with van der Waals surface area (Å²) < 4.78 is 5.61. The maximum Gasteiger partial charge on any atom is 0.328 e. The van der Waals surface area contributed by atoms with Gasteiger partial charge in [0.25, 0.3) is 5.91 Å². The van der Waals surface area contributed by atoms with Crippen LogP contribution in [0.5, 0.6) is 0 Å². The summed E-state index contributed by atoms with van der Waals surface area (Å²) in [4.78, 5) is 26.0. The third-order valence-electron chi connectivity index (χ3n) is 2.93. The number of ether oxygens (including phenoxy) is 1. The van der Waals surface area contributed by atoms with Gasteiger partial charge in [-0.3, -0.25) is 4.79 Å². The van der Waals surface area contributed by atoms with E-state index in [9.17, 15) is 9.59 Å². The standard InChI is InChI=1S/C14H17NO4S/c1-9-7-15(8-10(2)19-9)14(18)12-5-3-11(20-12)4-6-13(16)17/h3-6,9-10H,7-8H2,1-2H3,(H,16,17)/b6-4+/t9-,10+. The number of hydrogen-bond acceptors (Lipinski definition) is 4. The maximum atomic E-state index is 12.4. The van der Waals surface area contributed by atoms with Crippen molar-refractivity contribution < 1.29 is 19.4 Å². The first kappa shape index (κ1) is 14.7. The van der Waals surface area contributed by atoms with Crippen LogP contribution in [0.15, 0.2) is 18.2 Å². The van der Waals surface area contributed by atoms with Crippen LogP contribution >= 0.6 is 11.3 Å². The fraction of sp³-hybridized carbons (Fsp3) is 0.429. The summed E-state index contributed by atoms with van der Waals surface area (Å²) in [6, 6.07) is 3.49. The lowest BCUT2D eigenvalue weighted by molar-refractivity contribution is -0.131. The Balaban J connectivity index is 2.07. The molecular weight excluding hydrogens is 278 g/mol. The number of amides is 1. The zero-order valence-electron chi connectivity index (χ0n) is 11.4. The van der Waals surface area contributed by atoms with Gasteiger partial charge in [0.1, 0.15) is 0 Å². The summed E-state index contributed by atoms with van der Waals surface area (Å²) in [6.07, 6.45) is 2.64. The van der Waals surface area contributed by atoms with Crippen molar-refractivity contribution in [1.29, 1.82) is 0 Å². The lowest BCUT2D eigenvalue weighted by Gasteiger charge is -2.35. The van der Waals surface area contributed by atoms with Crippen LogP contribution < -0.4 is 0 Å². The number of nitrogens with zero attached hydrogens (tertiary/aromatic N) is 1. The number of carbonyl (C=O) groups excluding carboxylic acids is 1. The molecule has 6 heteroatoms. The van der Waals surface area contributed by atoms with Crippen molar-refractivity contribution in [2.24, 2.45) is 0 Å². The van der Waals surface area contributed by atoms with Crippen LogP contribution in [-0.4, -0.2) is 47.2 Å². The third kappa shape index (κ3) is 3.68. The number of carboxylic acids is 1. The molecule has 108 valence electrons. The largest absolute Gasteiger partial charge is 0.478 e. The van der Waals surface area contributed by atoms with Crippen molar-refractivity contribution in [3.63, 3.8) is 0 Å². The zero-order valence-corrected chi connectivity index (χ0v) is 12.2. The first-order valence-electron chi connectivity index (χ1n) is 6.41. The summed E-state index contributed by atoms with van der Waals surface area (Å²) in [5.74, 6) is -1.02. The molecule has 1 saturated heterocycles. The summed E-state index contributed by atoms with van der Waals surface area (Å²) in [5.41, 5.74) is 0. The predicted octanol–water partition coefficient (Wildman–Crippen LogP) is 2.10. The number of rotatable bonds is 3. The molecule has 0 spiro atoms. The smallest absolute Gasteiger partial charge is 0.328 e. The van der Waals surface area contributed by atoms with Gasteiger partial charge in [0, 0.05) is 24.0 Å². The molecule has 1 amide bonds. The van der Waals surface area contributed by atoms with Crippen LogP contribution in [0.4, 0.5) is 0 Å². The minimum absolute atomic E-state index is 0.0213. The molecule has 1 aromatic rings. The Bertz CT molecular complexity index is 527. The van der Waals surface area contributed by atoms with Crippen molar-refractivity contribution in [2.75, 3.05) is 13.1 Å². The molecule has 2 rings (SSSR count). The zero-order chi connectivity index (χ0) is 14.7. The van der Waals surface area contributed by atoms with Gasteiger partial charge in [0.2, 0.25) is 0 Å². The van der Waals surface area contributed by atoms with E-state index in [0.29, 0.717) is 18.0 Å². The monoisotopic (exact) mass is 295 g/mol. The summed E-state index contributed by atoms with van der Waals surface area (Å²) in [7, 11) is 0. The van der Waals surface area contributed by atoms with Gasteiger partial charge >= 0.3 is 5.97 Å². The quantitative estimate of drug-likeness (QED) is 0.867. The topological polar surface area (TPSA) is 66.8 Å². The van der Waals surface area contributed by atoms with Crippen LogP contribution in [-0.2, 0) is 9.53 Å². The lowest BCUT2D eigenvalue weighted by Crippen LogP contribution is -2.48. The van der Waals surface area contributed by atoms with Crippen LogP contribution in [0, 0.1) is 0 Å². The third-order valence-corrected chi connectivity index (χ3v) is 3.97. The Kier molecular flexibility index (Phi) is 4.57. The first-order valence-corrected chi connectivity index (χ1v) is 7.23. The number of carbonyl (C=O) groups is 2. The Morgan fingerprint density at radius 3 is 2.60 bits per heavy atom. The molecule has 0 radical (unpaired) electrons. The van der Waals surface area contributed by atoms with E-state index in [0.717, 1.165) is 11.0 Å². The van der Waals surface area contributed by atoms with Gasteiger partial charge in [-0.05, 0) is 32.1 Å². The molecular formula is C14H17NO4S. The van der Waals surface area contributed by atoms with Gasteiger partial charge in [-0.1, -0.05) is 0 Å². The molecule has 2 heterocycles. The van der Waals surface area contributed by atoms with Crippen LogP contribution in [0.3, 0.4) is 0 Å². The molecule has 2 atom stereocenters. The SMILES string of the molecule is C[C@@H]1CN(C(=O)c2ccc(/C=C/C(=O)O)s2)C[C@H](C)O1. The molecule has 20 heavy (non-hydrogen) atoms. The van der Waals surface area contributed by atoms with Gasteiger partial charge in [-0.15, -0.1) is 11.3 Å². The normalized spacial score (nSPS) is 23.2. The number of morpholine rings is 1. The highest BCUT2D eigenvalue weighted by Gasteiger charge is 2.27. The highest BCUT2D eigenvalue weighted by Crippen LogP contribution is 2.21. The molecule has 1 aromatic heterocycles. The number of hydrogen-bond donors (Lipinski definition) is 1. The van der Waals surface area contributed by atoms with Gasteiger partial charge in [-0.25, -0.2) is 4.79 Å². The minimum Gasteiger partial charge on any atom is -0.478 e. The van der Waals surface area contributed by atoms with Gasteiger partial charge < -0.3 is 14.7 Å². The molecule has 0 unspecified atom stereocenters. The predicted molar refractivity (Wildman–Crippen MR) is 76.9 cm³/mol. The van der Waals surface area contributed by atoms with Crippen molar-refractivity contribution in [3.05, 3.63) is 28.0 Å². The minimum atomic E-state index is -0.998. The molecule has 1 aliphatic heterocycles. The molecule has 0 bridgehead atoms.